The van der Waals surface area contributed by atoms with Crippen molar-refractivity contribution in [2.75, 3.05) is 25.1 Å². The van der Waals surface area contributed by atoms with Gasteiger partial charge in [-0.3, -0.25) is 4.79 Å². The third kappa shape index (κ3) is 4.32. The molecule has 4 heteroatoms. The zero-order valence-electron chi connectivity index (χ0n) is 12.7. The molecule has 1 saturated carbocycles. The minimum atomic E-state index is -0.297. The zero-order valence-corrected chi connectivity index (χ0v) is 13.5. The number of hydrogen-bond acceptors (Lipinski definition) is 2. The maximum atomic E-state index is 12.7. The molecule has 0 spiro atoms. The second-order valence-corrected chi connectivity index (χ2v) is 8.48. The maximum absolute atomic E-state index is 12.7. The largest absolute Gasteiger partial charge is 0.391 e. The standard InChI is InChI=1S/C16H29NO2S/c1-20(2)11-4-3-8-15(13-6-5-7-13)16(19)17-10-9-14(18)12-17/h13-15,18H,1,3-12H2,2H3. The molecule has 1 aliphatic carbocycles. The number of rotatable bonds is 7. The minimum Gasteiger partial charge on any atom is -0.391 e. The average molecular weight is 299 g/mol. The monoisotopic (exact) mass is 299 g/mol. The number of carbonyl (C=O) groups excluding carboxylic acids is 1. The Morgan fingerprint density at radius 2 is 2.15 bits per heavy atom. The SMILES string of the molecule is C=S(C)CCCCC(C(=O)N1CCC(O)C1)C1CCC1. The number of nitrogens with zero attached hydrogens (tertiary/aromatic N) is 1. The summed E-state index contributed by atoms with van der Waals surface area (Å²) in [5.41, 5.74) is 0. The van der Waals surface area contributed by atoms with Crippen molar-refractivity contribution in [3.05, 3.63) is 0 Å². The van der Waals surface area contributed by atoms with E-state index in [1.165, 1.54) is 31.4 Å². The Morgan fingerprint density at radius 1 is 1.40 bits per heavy atom. The number of hydrogen-bond donors (Lipinski definition) is 1. The summed E-state index contributed by atoms with van der Waals surface area (Å²) < 4.78 is 0. The van der Waals surface area contributed by atoms with E-state index in [1.807, 2.05) is 4.90 Å². The van der Waals surface area contributed by atoms with Gasteiger partial charge in [-0.2, -0.15) is 10.5 Å². The molecule has 3 nitrogen and oxygen atoms in total. The summed E-state index contributed by atoms with van der Waals surface area (Å²) in [7, 11) is 0.275. The Kier molecular flexibility index (Phi) is 6.09. The van der Waals surface area contributed by atoms with Gasteiger partial charge in [0.2, 0.25) is 5.91 Å². The summed E-state index contributed by atoms with van der Waals surface area (Å²) in [5, 5.41) is 9.62. The van der Waals surface area contributed by atoms with E-state index in [0.29, 0.717) is 18.4 Å². The van der Waals surface area contributed by atoms with E-state index in [2.05, 4.69) is 12.1 Å². The summed E-state index contributed by atoms with van der Waals surface area (Å²) in [6.07, 6.45) is 9.75. The predicted molar refractivity (Wildman–Crippen MR) is 87.4 cm³/mol. The first-order valence-corrected chi connectivity index (χ1v) is 9.94. The van der Waals surface area contributed by atoms with Gasteiger partial charge < -0.3 is 10.0 Å². The van der Waals surface area contributed by atoms with Crippen LogP contribution in [-0.2, 0) is 4.79 Å². The van der Waals surface area contributed by atoms with Crippen LogP contribution in [0.15, 0.2) is 0 Å². The van der Waals surface area contributed by atoms with Crippen molar-refractivity contribution in [2.45, 2.75) is 51.0 Å². The van der Waals surface area contributed by atoms with E-state index in [-0.39, 0.29) is 22.5 Å². The molecule has 116 valence electrons. The Labute approximate surface area is 125 Å². The first-order valence-electron chi connectivity index (χ1n) is 7.97. The van der Waals surface area contributed by atoms with Crippen molar-refractivity contribution in [1.29, 1.82) is 0 Å². The Hall–Kier alpha value is -0.350. The molecule has 0 aromatic heterocycles. The highest BCUT2D eigenvalue weighted by molar-refractivity contribution is 8.13. The fourth-order valence-corrected chi connectivity index (χ4v) is 3.99. The normalized spacial score (nSPS) is 26.3. The van der Waals surface area contributed by atoms with Gasteiger partial charge in [-0.25, -0.2) is 0 Å². The van der Waals surface area contributed by atoms with E-state index in [1.54, 1.807) is 0 Å². The molecule has 0 bridgehead atoms. The van der Waals surface area contributed by atoms with Gasteiger partial charge in [0.15, 0.2) is 0 Å². The van der Waals surface area contributed by atoms with E-state index < -0.39 is 0 Å². The van der Waals surface area contributed by atoms with Crippen LogP contribution in [0.4, 0.5) is 0 Å². The summed E-state index contributed by atoms with van der Waals surface area (Å²) >= 11 is 0. The second kappa shape index (κ2) is 7.60. The van der Waals surface area contributed by atoms with Gasteiger partial charge in [-0.15, -0.1) is 0 Å². The molecule has 0 radical (unpaired) electrons. The Morgan fingerprint density at radius 3 is 2.65 bits per heavy atom. The summed E-state index contributed by atoms with van der Waals surface area (Å²) in [4.78, 5) is 14.6. The molecule has 0 aromatic rings. The highest BCUT2D eigenvalue weighted by Gasteiger charge is 2.36. The summed E-state index contributed by atoms with van der Waals surface area (Å²) in [6.45, 7) is 1.31. The van der Waals surface area contributed by atoms with E-state index in [0.717, 1.165) is 25.8 Å². The number of likely N-dealkylation sites (tertiary alicyclic amines) is 1. The lowest BCUT2D eigenvalue weighted by Crippen LogP contribution is -2.40. The van der Waals surface area contributed by atoms with Crippen LogP contribution < -0.4 is 0 Å². The van der Waals surface area contributed by atoms with E-state index >= 15 is 0 Å². The number of β-amino-alcohol motifs (C(OH)–C–C–N with tert-alkyl or cyclic N) is 1. The predicted octanol–water partition coefficient (Wildman–Crippen LogP) is 2.50. The third-order valence-corrected chi connectivity index (χ3v) is 5.75. The lowest BCUT2D eigenvalue weighted by atomic mass is 9.73. The molecule has 2 rings (SSSR count). The van der Waals surface area contributed by atoms with E-state index in [4.69, 9.17) is 0 Å². The molecule has 1 heterocycles. The molecule has 1 aliphatic heterocycles. The molecular formula is C16H29NO2S. The average Bonchev–Trinajstić information content (AvgIpc) is 2.76. The first-order chi connectivity index (χ1) is 9.58. The van der Waals surface area contributed by atoms with Crippen molar-refractivity contribution >= 4 is 22.3 Å². The number of aliphatic hydroxyl groups is 1. The summed E-state index contributed by atoms with van der Waals surface area (Å²) in [6, 6.07) is 0. The van der Waals surface area contributed by atoms with Gasteiger partial charge >= 0.3 is 0 Å². The highest BCUT2D eigenvalue weighted by atomic mass is 32.2. The van der Waals surface area contributed by atoms with E-state index in [9.17, 15) is 9.90 Å². The molecule has 3 unspecified atom stereocenters. The van der Waals surface area contributed by atoms with Crippen molar-refractivity contribution in [2.24, 2.45) is 11.8 Å². The van der Waals surface area contributed by atoms with Gasteiger partial charge in [0.25, 0.3) is 0 Å². The Bertz CT molecular complexity index is 354. The Balaban J connectivity index is 1.83. The minimum absolute atomic E-state index is 0.220. The number of aliphatic hydroxyl groups excluding tert-OH is 1. The van der Waals surface area contributed by atoms with Crippen LogP contribution in [0.5, 0.6) is 0 Å². The van der Waals surface area contributed by atoms with Gasteiger partial charge in [0, 0.05) is 19.0 Å². The van der Waals surface area contributed by atoms with Crippen LogP contribution in [0.1, 0.15) is 44.9 Å². The lowest BCUT2D eigenvalue weighted by Gasteiger charge is -2.35. The molecule has 20 heavy (non-hydrogen) atoms. The molecule has 1 N–H and O–H groups in total. The number of amides is 1. The van der Waals surface area contributed by atoms with Crippen LogP contribution in [-0.4, -0.2) is 53.0 Å². The van der Waals surface area contributed by atoms with Gasteiger partial charge in [-0.1, -0.05) is 18.7 Å². The van der Waals surface area contributed by atoms with Crippen LogP contribution in [0.3, 0.4) is 0 Å². The molecule has 2 fully saturated rings. The quantitative estimate of drug-likeness (QED) is 0.579. The smallest absolute Gasteiger partial charge is 0.226 e. The number of carbonyl (C=O) groups is 1. The molecule has 1 amide bonds. The third-order valence-electron chi connectivity index (χ3n) is 4.77. The van der Waals surface area contributed by atoms with Crippen LogP contribution in [0.2, 0.25) is 0 Å². The second-order valence-electron chi connectivity index (χ2n) is 6.51. The number of unbranched alkanes of at least 4 members (excludes halogenated alkanes) is 1. The summed E-state index contributed by atoms with van der Waals surface area (Å²) in [5.74, 6) is 6.38. The van der Waals surface area contributed by atoms with Crippen molar-refractivity contribution in [3.63, 3.8) is 0 Å². The maximum Gasteiger partial charge on any atom is 0.226 e. The first kappa shape index (κ1) is 16.0. The molecular weight excluding hydrogens is 270 g/mol. The molecule has 1 saturated heterocycles. The highest BCUT2D eigenvalue weighted by Crippen LogP contribution is 2.37. The molecule has 0 aromatic carbocycles. The van der Waals surface area contributed by atoms with Crippen molar-refractivity contribution < 1.29 is 9.90 Å². The fraction of sp³-hybridized carbons (Fsp3) is 0.875. The van der Waals surface area contributed by atoms with Gasteiger partial charge in [0.1, 0.15) is 0 Å². The van der Waals surface area contributed by atoms with Crippen LogP contribution in [0, 0.1) is 11.8 Å². The molecule has 3 atom stereocenters. The van der Waals surface area contributed by atoms with Crippen LogP contribution in [0.25, 0.3) is 0 Å². The zero-order chi connectivity index (χ0) is 14.5. The van der Waals surface area contributed by atoms with Gasteiger partial charge in [-0.05, 0) is 50.0 Å². The van der Waals surface area contributed by atoms with Crippen LogP contribution >= 0.6 is 10.5 Å². The van der Waals surface area contributed by atoms with Gasteiger partial charge in [0.05, 0.1) is 6.10 Å². The lowest BCUT2D eigenvalue weighted by molar-refractivity contribution is -0.138. The fourth-order valence-electron chi connectivity index (χ4n) is 3.29. The topological polar surface area (TPSA) is 40.5 Å². The van der Waals surface area contributed by atoms with Crippen molar-refractivity contribution in [3.8, 4) is 0 Å². The molecule has 2 aliphatic rings. The van der Waals surface area contributed by atoms with Crippen molar-refractivity contribution in [1.82, 2.24) is 4.90 Å².